The Balaban J connectivity index is 2.40. The molecular weight excluding hydrogens is 202 g/mol. The highest BCUT2D eigenvalue weighted by Crippen LogP contribution is 2.15. The van der Waals surface area contributed by atoms with Gasteiger partial charge < -0.3 is 9.88 Å². The fourth-order valence-corrected chi connectivity index (χ4v) is 1.48. The van der Waals surface area contributed by atoms with E-state index in [0.29, 0.717) is 5.56 Å². The Bertz CT molecular complexity index is 540. The number of aromatic nitrogens is 2. The van der Waals surface area contributed by atoms with Crippen LogP contribution < -0.4 is 0 Å². The van der Waals surface area contributed by atoms with Gasteiger partial charge in [0.1, 0.15) is 5.65 Å². The van der Waals surface area contributed by atoms with E-state index >= 15 is 0 Å². The summed E-state index contributed by atoms with van der Waals surface area (Å²) in [6.07, 6.45) is 6.71. The fraction of sp³-hybridized carbons (Fsp3) is 0.167. The summed E-state index contributed by atoms with van der Waals surface area (Å²) in [5.74, 6) is -0.0132. The number of H-pyrrole nitrogens is 1. The molecule has 0 amide bonds. The van der Waals surface area contributed by atoms with E-state index in [2.05, 4.69) is 9.97 Å². The molecule has 0 aliphatic heterocycles. The minimum absolute atomic E-state index is 0.0132. The average molecular weight is 215 g/mol. The van der Waals surface area contributed by atoms with Crippen molar-refractivity contribution in [1.29, 1.82) is 0 Å². The SMILES string of the molecule is CN(C)/C=C/C(=O)c1ccnc2[nH]ccc12. The Morgan fingerprint density at radius 3 is 3.00 bits per heavy atom. The van der Waals surface area contributed by atoms with Crippen molar-refractivity contribution in [3.63, 3.8) is 0 Å². The molecule has 0 spiro atoms. The van der Waals surface area contributed by atoms with Crippen molar-refractivity contribution in [3.05, 3.63) is 42.4 Å². The topological polar surface area (TPSA) is 49.0 Å². The molecule has 2 rings (SSSR count). The van der Waals surface area contributed by atoms with Crippen LogP contribution in [0.4, 0.5) is 0 Å². The number of fused-ring (bicyclic) bond motifs is 1. The molecule has 4 nitrogen and oxygen atoms in total. The van der Waals surface area contributed by atoms with E-state index < -0.39 is 0 Å². The summed E-state index contributed by atoms with van der Waals surface area (Å²) in [5, 5.41) is 0.857. The third kappa shape index (κ3) is 1.95. The minimum atomic E-state index is -0.0132. The summed E-state index contributed by atoms with van der Waals surface area (Å²) in [7, 11) is 3.75. The second-order valence-corrected chi connectivity index (χ2v) is 3.74. The van der Waals surface area contributed by atoms with E-state index in [9.17, 15) is 4.79 Å². The van der Waals surface area contributed by atoms with Crippen LogP contribution in [-0.4, -0.2) is 34.7 Å². The lowest BCUT2D eigenvalue weighted by Crippen LogP contribution is -2.03. The number of allylic oxidation sites excluding steroid dienone is 1. The molecule has 0 aromatic carbocycles. The first-order valence-electron chi connectivity index (χ1n) is 4.99. The lowest BCUT2D eigenvalue weighted by atomic mass is 10.1. The molecule has 0 aliphatic rings. The highest BCUT2D eigenvalue weighted by Gasteiger charge is 2.07. The highest BCUT2D eigenvalue weighted by atomic mass is 16.1. The van der Waals surface area contributed by atoms with E-state index in [0.717, 1.165) is 11.0 Å². The second kappa shape index (κ2) is 4.18. The van der Waals surface area contributed by atoms with Crippen molar-refractivity contribution in [2.75, 3.05) is 14.1 Å². The molecule has 2 aromatic heterocycles. The smallest absolute Gasteiger partial charge is 0.188 e. The molecule has 0 saturated heterocycles. The Hall–Kier alpha value is -2.10. The van der Waals surface area contributed by atoms with E-state index in [4.69, 9.17) is 0 Å². The molecule has 4 heteroatoms. The Labute approximate surface area is 93.6 Å². The number of aromatic amines is 1. The third-order valence-corrected chi connectivity index (χ3v) is 2.25. The lowest BCUT2D eigenvalue weighted by molar-refractivity contribution is 0.104. The Kier molecular flexibility index (Phi) is 2.72. The first kappa shape index (κ1) is 10.4. The number of hydrogen-bond acceptors (Lipinski definition) is 3. The maximum atomic E-state index is 11.9. The van der Waals surface area contributed by atoms with Crippen LogP contribution >= 0.6 is 0 Å². The molecule has 0 aliphatic carbocycles. The minimum Gasteiger partial charge on any atom is -0.383 e. The molecule has 16 heavy (non-hydrogen) atoms. The van der Waals surface area contributed by atoms with Crippen LogP contribution in [0, 0.1) is 0 Å². The zero-order valence-corrected chi connectivity index (χ0v) is 9.27. The number of carbonyl (C=O) groups excluding carboxylic acids is 1. The molecule has 0 bridgehead atoms. The van der Waals surface area contributed by atoms with Crippen LogP contribution in [0.15, 0.2) is 36.8 Å². The molecule has 82 valence electrons. The van der Waals surface area contributed by atoms with Gasteiger partial charge >= 0.3 is 0 Å². The zero-order chi connectivity index (χ0) is 11.5. The fourth-order valence-electron chi connectivity index (χ4n) is 1.48. The predicted octanol–water partition coefficient (Wildman–Crippen LogP) is 1.82. The molecule has 0 fully saturated rings. The third-order valence-electron chi connectivity index (χ3n) is 2.25. The van der Waals surface area contributed by atoms with E-state index in [1.165, 1.54) is 0 Å². The van der Waals surface area contributed by atoms with E-state index in [1.807, 2.05) is 25.1 Å². The van der Waals surface area contributed by atoms with Crippen molar-refractivity contribution >= 4 is 16.8 Å². The normalized spacial score (nSPS) is 11.1. The van der Waals surface area contributed by atoms with Crippen LogP contribution in [0.25, 0.3) is 11.0 Å². The molecule has 1 N–H and O–H groups in total. The Morgan fingerprint density at radius 2 is 2.25 bits per heavy atom. The van der Waals surface area contributed by atoms with Crippen LogP contribution in [0.3, 0.4) is 0 Å². The van der Waals surface area contributed by atoms with Gasteiger partial charge in [-0.1, -0.05) is 0 Å². The monoisotopic (exact) mass is 215 g/mol. The maximum absolute atomic E-state index is 11.9. The summed E-state index contributed by atoms with van der Waals surface area (Å²) in [6.45, 7) is 0. The number of hydrogen-bond donors (Lipinski definition) is 1. The van der Waals surface area contributed by atoms with Gasteiger partial charge in [-0.25, -0.2) is 4.98 Å². The Morgan fingerprint density at radius 1 is 1.44 bits per heavy atom. The molecular formula is C12H13N3O. The summed E-state index contributed by atoms with van der Waals surface area (Å²) in [4.78, 5) is 20.9. The summed E-state index contributed by atoms with van der Waals surface area (Å²) in [5.41, 5.74) is 1.41. The standard InChI is InChI=1S/C12H13N3O/c1-15(2)8-5-11(16)9-3-6-13-12-10(9)4-7-14-12/h3-8H,1-2H3,(H,13,14)/b8-5+. The first-order valence-corrected chi connectivity index (χ1v) is 4.99. The van der Waals surface area contributed by atoms with E-state index in [-0.39, 0.29) is 5.78 Å². The van der Waals surface area contributed by atoms with E-state index in [1.54, 1.807) is 30.7 Å². The van der Waals surface area contributed by atoms with Gasteiger partial charge in [0.25, 0.3) is 0 Å². The maximum Gasteiger partial charge on any atom is 0.188 e. The van der Waals surface area contributed by atoms with Gasteiger partial charge in [-0.2, -0.15) is 0 Å². The van der Waals surface area contributed by atoms with Crippen LogP contribution in [0.2, 0.25) is 0 Å². The molecule has 0 atom stereocenters. The second-order valence-electron chi connectivity index (χ2n) is 3.74. The molecule has 2 heterocycles. The zero-order valence-electron chi connectivity index (χ0n) is 9.27. The number of ketones is 1. The van der Waals surface area contributed by atoms with Gasteiger partial charge in [0, 0.05) is 49.7 Å². The van der Waals surface area contributed by atoms with Gasteiger partial charge in [-0.3, -0.25) is 4.79 Å². The van der Waals surface area contributed by atoms with Crippen molar-refractivity contribution in [2.24, 2.45) is 0 Å². The summed E-state index contributed by atoms with van der Waals surface area (Å²) < 4.78 is 0. The number of carbonyl (C=O) groups is 1. The molecule has 0 saturated carbocycles. The van der Waals surface area contributed by atoms with Gasteiger partial charge in [0.2, 0.25) is 0 Å². The van der Waals surface area contributed by atoms with Gasteiger partial charge in [0.15, 0.2) is 5.78 Å². The number of pyridine rings is 1. The molecule has 0 unspecified atom stereocenters. The highest BCUT2D eigenvalue weighted by molar-refractivity contribution is 6.12. The number of nitrogens with zero attached hydrogens (tertiary/aromatic N) is 2. The van der Waals surface area contributed by atoms with Crippen molar-refractivity contribution in [1.82, 2.24) is 14.9 Å². The van der Waals surface area contributed by atoms with Crippen molar-refractivity contribution < 1.29 is 4.79 Å². The molecule has 2 aromatic rings. The quantitative estimate of drug-likeness (QED) is 0.627. The van der Waals surface area contributed by atoms with Gasteiger partial charge in [-0.05, 0) is 12.1 Å². The summed E-state index contributed by atoms with van der Waals surface area (Å²) >= 11 is 0. The summed E-state index contributed by atoms with van der Waals surface area (Å²) in [6, 6.07) is 3.59. The van der Waals surface area contributed by atoms with Crippen LogP contribution in [-0.2, 0) is 0 Å². The predicted molar refractivity (Wildman–Crippen MR) is 63.3 cm³/mol. The van der Waals surface area contributed by atoms with Crippen LogP contribution in [0.5, 0.6) is 0 Å². The van der Waals surface area contributed by atoms with Crippen molar-refractivity contribution in [2.45, 2.75) is 0 Å². The van der Waals surface area contributed by atoms with Crippen LogP contribution in [0.1, 0.15) is 10.4 Å². The largest absolute Gasteiger partial charge is 0.383 e. The van der Waals surface area contributed by atoms with Crippen molar-refractivity contribution in [3.8, 4) is 0 Å². The van der Waals surface area contributed by atoms with Gasteiger partial charge in [-0.15, -0.1) is 0 Å². The first-order chi connectivity index (χ1) is 7.68. The lowest BCUT2D eigenvalue weighted by Gasteiger charge is -2.03. The average Bonchev–Trinajstić information content (AvgIpc) is 2.73. The van der Waals surface area contributed by atoms with Gasteiger partial charge in [0.05, 0.1) is 0 Å². The number of nitrogens with one attached hydrogen (secondary N) is 1. The molecule has 0 radical (unpaired) electrons. The number of rotatable bonds is 3.